The fourth-order valence-corrected chi connectivity index (χ4v) is 1.88. The van der Waals surface area contributed by atoms with Gasteiger partial charge in [-0.1, -0.05) is 12.1 Å². The Morgan fingerprint density at radius 2 is 2.16 bits per heavy atom. The van der Waals surface area contributed by atoms with Crippen LogP contribution in [-0.4, -0.2) is 16.9 Å². The molecular formula is C14H17N3O2. The van der Waals surface area contributed by atoms with E-state index < -0.39 is 0 Å². The Balaban J connectivity index is 1.97. The molecule has 0 radical (unpaired) electrons. The number of aromatic nitrogens is 2. The van der Waals surface area contributed by atoms with Crippen LogP contribution in [0.3, 0.4) is 0 Å². The van der Waals surface area contributed by atoms with Crippen molar-refractivity contribution in [3.63, 3.8) is 0 Å². The zero-order valence-corrected chi connectivity index (χ0v) is 10.9. The van der Waals surface area contributed by atoms with Gasteiger partial charge in [-0.2, -0.15) is 0 Å². The van der Waals surface area contributed by atoms with E-state index in [0.29, 0.717) is 12.4 Å². The summed E-state index contributed by atoms with van der Waals surface area (Å²) in [5, 5.41) is 4.10. The fourth-order valence-electron chi connectivity index (χ4n) is 1.88. The molecule has 2 aromatic rings. The van der Waals surface area contributed by atoms with Crippen LogP contribution in [0.15, 0.2) is 41.2 Å². The largest absolute Gasteiger partial charge is 0.480 e. The van der Waals surface area contributed by atoms with Crippen molar-refractivity contribution in [2.45, 2.75) is 19.4 Å². The topological polar surface area (TPSA) is 70.1 Å². The molecule has 0 saturated heterocycles. The highest BCUT2D eigenvalue weighted by Crippen LogP contribution is 2.09. The number of nitrogens with zero attached hydrogens (tertiary/aromatic N) is 2. The lowest BCUT2D eigenvalue weighted by atomic mass is 10.1. The SMILES string of the molecule is COc1ccc(=O)n(CCCc2cccc(N)c2)n1. The van der Waals surface area contributed by atoms with Crippen LogP contribution in [0.2, 0.25) is 0 Å². The number of hydrogen-bond acceptors (Lipinski definition) is 4. The van der Waals surface area contributed by atoms with Crippen LogP contribution in [-0.2, 0) is 13.0 Å². The van der Waals surface area contributed by atoms with Crippen molar-refractivity contribution in [1.29, 1.82) is 0 Å². The first-order chi connectivity index (χ1) is 9.19. The van der Waals surface area contributed by atoms with Gasteiger partial charge in [-0.15, -0.1) is 5.10 Å². The van der Waals surface area contributed by atoms with Gasteiger partial charge in [-0.05, 0) is 30.5 Å². The fraction of sp³-hybridized carbons (Fsp3) is 0.286. The van der Waals surface area contributed by atoms with Gasteiger partial charge in [0.1, 0.15) is 0 Å². The summed E-state index contributed by atoms with van der Waals surface area (Å²) < 4.78 is 6.42. The maximum atomic E-state index is 11.6. The predicted molar refractivity (Wildman–Crippen MR) is 74.2 cm³/mol. The first-order valence-corrected chi connectivity index (χ1v) is 6.15. The number of nitrogens with two attached hydrogens (primary N) is 1. The van der Waals surface area contributed by atoms with E-state index in [9.17, 15) is 4.79 Å². The zero-order valence-electron chi connectivity index (χ0n) is 10.9. The number of anilines is 1. The minimum atomic E-state index is -0.117. The Labute approximate surface area is 111 Å². The van der Waals surface area contributed by atoms with Crippen molar-refractivity contribution in [2.75, 3.05) is 12.8 Å². The first-order valence-electron chi connectivity index (χ1n) is 6.15. The average molecular weight is 259 g/mol. The zero-order chi connectivity index (χ0) is 13.7. The molecule has 0 atom stereocenters. The number of nitrogen functional groups attached to an aromatic ring is 1. The Hall–Kier alpha value is -2.30. The molecule has 0 aliphatic carbocycles. The lowest BCUT2D eigenvalue weighted by Crippen LogP contribution is -2.22. The first kappa shape index (κ1) is 13.1. The maximum Gasteiger partial charge on any atom is 0.266 e. The van der Waals surface area contributed by atoms with E-state index in [4.69, 9.17) is 10.5 Å². The van der Waals surface area contributed by atoms with Gasteiger partial charge >= 0.3 is 0 Å². The van der Waals surface area contributed by atoms with E-state index in [2.05, 4.69) is 5.10 Å². The molecule has 0 bridgehead atoms. The molecule has 0 spiro atoms. The van der Waals surface area contributed by atoms with E-state index in [1.807, 2.05) is 24.3 Å². The van der Waals surface area contributed by atoms with Crippen molar-refractivity contribution in [3.05, 3.63) is 52.3 Å². The van der Waals surface area contributed by atoms with Crippen LogP contribution in [0, 0.1) is 0 Å². The number of hydrogen-bond donors (Lipinski definition) is 1. The van der Waals surface area contributed by atoms with Crippen LogP contribution < -0.4 is 16.0 Å². The van der Waals surface area contributed by atoms with E-state index in [1.54, 1.807) is 6.07 Å². The Bertz CT molecular complexity index is 608. The number of benzene rings is 1. The third-order valence-electron chi connectivity index (χ3n) is 2.84. The van der Waals surface area contributed by atoms with Crippen LogP contribution in [0.5, 0.6) is 5.88 Å². The molecule has 100 valence electrons. The van der Waals surface area contributed by atoms with Crippen molar-refractivity contribution in [3.8, 4) is 5.88 Å². The molecule has 1 aromatic heterocycles. The van der Waals surface area contributed by atoms with E-state index >= 15 is 0 Å². The summed E-state index contributed by atoms with van der Waals surface area (Å²) in [4.78, 5) is 11.6. The van der Waals surface area contributed by atoms with Crippen LogP contribution in [0.25, 0.3) is 0 Å². The number of methoxy groups -OCH3 is 1. The molecule has 5 nitrogen and oxygen atoms in total. The molecule has 0 fully saturated rings. The van der Waals surface area contributed by atoms with Gasteiger partial charge in [0.05, 0.1) is 7.11 Å². The van der Waals surface area contributed by atoms with Crippen LogP contribution in [0.4, 0.5) is 5.69 Å². The monoisotopic (exact) mass is 259 g/mol. The molecule has 19 heavy (non-hydrogen) atoms. The number of aryl methyl sites for hydroxylation is 2. The minimum absolute atomic E-state index is 0.117. The molecule has 0 aliphatic heterocycles. The second-order valence-corrected chi connectivity index (χ2v) is 4.29. The van der Waals surface area contributed by atoms with Gasteiger partial charge in [0.15, 0.2) is 0 Å². The highest BCUT2D eigenvalue weighted by atomic mass is 16.5. The van der Waals surface area contributed by atoms with Gasteiger partial charge in [0.25, 0.3) is 5.56 Å². The standard InChI is InChI=1S/C14H17N3O2/c1-19-13-7-8-14(18)17(16-13)9-3-5-11-4-2-6-12(15)10-11/h2,4,6-8,10H,3,5,9,15H2,1H3. The van der Waals surface area contributed by atoms with Crippen molar-refractivity contribution >= 4 is 5.69 Å². The van der Waals surface area contributed by atoms with Crippen LogP contribution >= 0.6 is 0 Å². The van der Waals surface area contributed by atoms with Gasteiger partial charge in [-0.25, -0.2) is 4.68 Å². The number of rotatable bonds is 5. The summed E-state index contributed by atoms with van der Waals surface area (Å²) in [5.74, 6) is 0.448. The third-order valence-corrected chi connectivity index (χ3v) is 2.84. The van der Waals surface area contributed by atoms with Crippen molar-refractivity contribution in [1.82, 2.24) is 9.78 Å². The molecule has 1 aromatic carbocycles. The predicted octanol–water partition coefficient (Wildman–Crippen LogP) is 1.47. The van der Waals surface area contributed by atoms with E-state index in [-0.39, 0.29) is 5.56 Å². The van der Waals surface area contributed by atoms with Crippen LogP contribution in [0.1, 0.15) is 12.0 Å². The summed E-state index contributed by atoms with van der Waals surface area (Å²) >= 11 is 0. The molecule has 0 amide bonds. The minimum Gasteiger partial charge on any atom is -0.480 e. The second-order valence-electron chi connectivity index (χ2n) is 4.29. The highest BCUT2D eigenvalue weighted by Gasteiger charge is 2.01. The lowest BCUT2D eigenvalue weighted by Gasteiger charge is -2.06. The molecule has 0 aliphatic rings. The van der Waals surface area contributed by atoms with Gasteiger partial charge in [-0.3, -0.25) is 4.79 Å². The Morgan fingerprint density at radius 1 is 1.32 bits per heavy atom. The van der Waals surface area contributed by atoms with E-state index in [0.717, 1.165) is 24.1 Å². The smallest absolute Gasteiger partial charge is 0.266 e. The molecule has 1 heterocycles. The van der Waals surface area contributed by atoms with Crippen molar-refractivity contribution < 1.29 is 4.74 Å². The lowest BCUT2D eigenvalue weighted by molar-refractivity contribution is 0.374. The molecule has 2 rings (SSSR count). The van der Waals surface area contributed by atoms with Crippen molar-refractivity contribution in [2.24, 2.45) is 0 Å². The average Bonchev–Trinajstić information content (AvgIpc) is 2.41. The second kappa shape index (κ2) is 6.04. The molecule has 2 N–H and O–H groups in total. The third kappa shape index (κ3) is 3.58. The Kier molecular flexibility index (Phi) is 4.18. The summed E-state index contributed by atoms with van der Waals surface area (Å²) in [6.45, 7) is 0.560. The normalized spacial score (nSPS) is 10.4. The summed E-state index contributed by atoms with van der Waals surface area (Å²) in [6, 6.07) is 10.8. The number of ether oxygens (including phenoxy) is 1. The van der Waals surface area contributed by atoms with E-state index in [1.165, 1.54) is 17.9 Å². The molecule has 5 heteroatoms. The Morgan fingerprint density at radius 3 is 2.89 bits per heavy atom. The van der Waals surface area contributed by atoms with Gasteiger partial charge in [0, 0.05) is 24.4 Å². The van der Waals surface area contributed by atoms with Gasteiger partial charge < -0.3 is 10.5 Å². The maximum absolute atomic E-state index is 11.6. The molecule has 0 unspecified atom stereocenters. The summed E-state index contributed by atoms with van der Waals surface area (Å²) in [7, 11) is 1.53. The summed E-state index contributed by atoms with van der Waals surface area (Å²) in [6.07, 6.45) is 1.68. The highest BCUT2D eigenvalue weighted by molar-refractivity contribution is 5.40. The molecule has 0 saturated carbocycles. The molecular weight excluding hydrogens is 242 g/mol. The quantitative estimate of drug-likeness (QED) is 0.825. The van der Waals surface area contributed by atoms with Gasteiger partial charge in [0.2, 0.25) is 5.88 Å². The summed E-state index contributed by atoms with van der Waals surface area (Å²) in [5.41, 5.74) is 7.52.